The van der Waals surface area contributed by atoms with Crippen molar-refractivity contribution in [2.45, 2.75) is 13.3 Å². The van der Waals surface area contributed by atoms with E-state index in [0.717, 1.165) is 22.2 Å². The van der Waals surface area contributed by atoms with E-state index >= 15 is 0 Å². The Kier molecular flexibility index (Phi) is 3.78. The molecule has 5 heteroatoms. The molecule has 2 aromatic carbocycles. The molecule has 25 heavy (non-hydrogen) atoms. The molecule has 4 rings (SSSR count). The molecule has 0 spiro atoms. The maximum atomic E-state index is 12.7. The molecular formula is C20H13Cl2NO2. The number of H-pyrrole nitrogens is 1. The molecule has 0 radical (unpaired) electrons. The first-order chi connectivity index (χ1) is 12.0. The molecule has 0 bridgehead atoms. The van der Waals surface area contributed by atoms with Crippen molar-refractivity contribution >= 4 is 56.8 Å². The molecule has 1 N–H and O–H groups in total. The number of para-hydroxylation sites is 1. The Balaban J connectivity index is 2.08. The van der Waals surface area contributed by atoms with Crippen molar-refractivity contribution < 1.29 is 9.59 Å². The lowest BCUT2D eigenvalue weighted by Gasteiger charge is -2.09. The lowest BCUT2D eigenvalue weighted by atomic mass is 9.94. The van der Waals surface area contributed by atoms with Gasteiger partial charge in [-0.25, -0.2) is 0 Å². The molecular weight excluding hydrogens is 357 g/mol. The zero-order valence-corrected chi connectivity index (χ0v) is 14.8. The van der Waals surface area contributed by atoms with Gasteiger partial charge in [-0.2, -0.15) is 0 Å². The second kappa shape index (κ2) is 5.87. The summed E-state index contributed by atoms with van der Waals surface area (Å²) in [5.41, 5.74) is 3.90. The van der Waals surface area contributed by atoms with Crippen molar-refractivity contribution in [3.8, 4) is 0 Å². The number of benzene rings is 2. The van der Waals surface area contributed by atoms with E-state index in [9.17, 15) is 9.59 Å². The minimum atomic E-state index is -0.214. The summed E-state index contributed by atoms with van der Waals surface area (Å²) >= 11 is 12.3. The summed E-state index contributed by atoms with van der Waals surface area (Å²) in [4.78, 5) is 28.6. The Bertz CT molecular complexity index is 1090. The highest BCUT2D eigenvalue weighted by Gasteiger charge is 2.35. The molecule has 0 fully saturated rings. The average molecular weight is 370 g/mol. The molecule has 1 heterocycles. The fourth-order valence-electron chi connectivity index (χ4n) is 3.44. The first kappa shape index (κ1) is 16.1. The second-order valence-electron chi connectivity index (χ2n) is 6.07. The Morgan fingerprint density at radius 1 is 0.960 bits per heavy atom. The molecule has 0 aliphatic heterocycles. The zero-order valence-electron chi connectivity index (χ0n) is 13.3. The van der Waals surface area contributed by atoms with Gasteiger partial charge in [0.15, 0.2) is 11.6 Å². The SMILES string of the molecule is Cc1[nH]c2ccccc2c1C1=C(c2ccc(Cl)cc2Cl)C(=O)CC1=O. The minimum absolute atomic E-state index is 0.136. The maximum absolute atomic E-state index is 12.7. The first-order valence-corrected chi connectivity index (χ1v) is 8.56. The van der Waals surface area contributed by atoms with Gasteiger partial charge in [0.05, 0.1) is 11.4 Å². The molecule has 3 nitrogen and oxygen atoms in total. The predicted octanol–water partition coefficient (Wildman–Crippen LogP) is 5.24. The zero-order chi connectivity index (χ0) is 17.7. The first-order valence-electron chi connectivity index (χ1n) is 7.81. The Morgan fingerprint density at radius 2 is 1.68 bits per heavy atom. The number of aromatic amines is 1. The Morgan fingerprint density at radius 3 is 2.44 bits per heavy atom. The number of aryl methyl sites for hydroxylation is 1. The van der Waals surface area contributed by atoms with E-state index in [1.54, 1.807) is 18.2 Å². The van der Waals surface area contributed by atoms with E-state index in [0.29, 0.717) is 26.8 Å². The third-order valence-corrected chi connectivity index (χ3v) is 5.02. The number of carbonyl (C=O) groups excluding carboxylic acids is 2. The van der Waals surface area contributed by atoms with Crippen LogP contribution in [0.15, 0.2) is 42.5 Å². The van der Waals surface area contributed by atoms with E-state index in [1.165, 1.54) is 0 Å². The molecule has 0 saturated heterocycles. The summed E-state index contributed by atoms with van der Waals surface area (Å²) in [5.74, 6) is -0.396. The van der Waals surface area contributed by atoms with Crippen molar-refractivity contribution in [3.63, 3.8) is 0 Å². The predicted molar refractivity (Wildman–Crippen MR) is 101 cm³/mol. The topological polar surface area (TPSA) is 49.9 Å². The molecule has 1 aromatic heterocycles. The van der Waals surface area contributed by atoms with Crippen LogP contribution in [-0.2, 0) is 9.59 Å². The van der Waals surface area contributed by atoms with Crippen molar-refractivity contribution in [1.29, 1.82) is 0 Å². The third-order valence-electron chi connectivity index (χ3n) is 4.47. The normalized spacial score (nSPS) is 14.8. The van der Waals surface area contributed by atoms with Crippen molar-refractivity contribution in [3.05, 3.63) is 69.3 Å². The molecule has 0 atom stereocenters. The summed E-state index contributed by atoms with van der Waals surface area (Å²) in [5, 5.41) is 1.76. The van der Waals surface area contributed by atoms with Crippen LogP contribution in [0, 0.1) is 6.92 Å². The van der Waals surface area contributed by atoms with Crippen LogP contribution in [0.4, 0.5) is 0 Å². The van der Waals surface area contributed by atoms with Crippen molar-refractivity contribution in [2.75, 3.05) is 0 Å². The van der Waals surface area contributed by atoms with Crippen LogP contribution >= 0.6 is 23.2 Å². The van der Waals surface area contributed by atoms with Gasteiger partial charge in [-0.05, 0) is 25.1 Å². The lowest BCUT2D eigenvalue weighted by Crippen LogP contribution is -1.97. The van der Waals surface area contributed by atoms with Crippen LogP contribution in [0.2, 0.25) is 10.0 Å². The minimum Gasteiger partial charge on any atom is -0.358 e. The van der Waals surface area contributed by atoms with Crippen molar-refractivity contribution in [2.24, 2.45) is 0 Å². The van der Waals surface area contributed by atoms with Crippen LogP contribution in [0.25, 0.3) is 22.0 Å². The number of allylic oxidation sites excluding steroid dienone is 2. The van der Waals surface area contributed by atoms with E-state index < -0.39 is 0 Å². The number of fused-ring (bicyclic) bond motifs is 1. The van der Waals surface area contributed by atoms with Gasteiger partial charge in [-0.15, -0.1) is 0 Å². The molecule has 0 unspecified atom stereocenters. The van der Waals surface area contributed by atoms with Gasteiger partial charge in [0.25, 0.3) is 0 Å². The van der Waals surface area contributed by atoms with E-state index in [2.05, 4.69) is 4.98 Å². The third kappa shape index (κ3) is 2.51. The fourth-order valence-corrected chi connectivity index (χ4v) is 3.94. The average Bonchev–Trinajstić information content (AvgIpc) is 3.03. The van der Waals surface area contributed by atoms with E-state index in [-0.39, 0.29) is 18.0 Å². The Labute approximate surface area is 154 Å². The summed E-state index contributed by atoms with van der Waals surface area (Å²) in [6.45, 7) is 1.90. The fraction of sp³-hybridized carbons (Fsp3) is 0.100. The summed E-state index contributed by atoms with van der Waals surface area (Å²) in [6, 6.07) is 12.7. The number of Topliss-reactive ketones (excluding diaryl/α,β-unsaturated/α-hetero) is 2. The smallest absolute Gasteiger partial charge is 0.172 e. The van der Waals surface area contributed by atoms with Crippen LogP contribution in [0.5, 0.6) is 0 Å². The molecule has 124 valence electrons. The quantitative estimate of drug-likeness (QED) is 0.628. The molecule has 3 aromatic rings. The number of ketones is 2. The van der Waals surface area contributed by atoms with Crippen LogP contribution in [-0.4, -0.2) is 16.6 Å². The van der Waals surface area contributed by atoms with Crippen LogP contribution < -0.4 is 0 Å². The van der Waals surface area contributed by atoms with Gasteiger partial charge in [0.1, 0.15) is 0 Å². The number of carbonyl (C=O) groups is 2. The van der Waals surface area contributed by atoms with Crippen LogP contribution in [0.3, 0.4) is 0 Å². The second-order valence-corrected chi connectivity index (χ2v) is 6.91. The van der Waals surface area contributed by atoms with E-state index in [4.69, 9.17) is 23.2 Å². The summed E-state index contributed by atoms with van der Waals surface area (Å²) < 4.78 is 0. The van der Waals surface area contributed by atoms with Gasteiger partial charge in [-0.3, -0.25) is 9.59 Å². The monoisotopic (exact) mass is 369 g/mol. The highest BCUT2D eigenvalue weighted by atomic mass is 35.5. The number of nitrogens with one attached hydrogen (secondary N) is 1. The van der Waals surface area contributed by atoms with Gasteiger partial charge in [0.2, 0.25) is 0 Å². The summed E-state index contributed by atoms with van der Waals surface area (Å²) in [7, 11) is 0. The van der Waals surface area contributed by atoms with E-state index in [1.807, 2.05) is 31.2 Å². The number of aromatic nitrogens is 1. The Hall–Kier alpha value is -2.36. The molecule has 0 amide bonds. The van der Waals surface area contributed by atoms with Crippen molar-refractivity contribution in [1.82, 2.24) is 4.98 Å². The number of hydrogen-bond donors (Lipinski definition) is 1. The highest BCUT2D eigenvalue weighted by molar-refractivity contribution is 6.53. The number of hydrogen-bond acceptors (Lipinski definition) is 2. The van der Waals surface area contributed by atoms with Gasteiger partial charge in [0, 0.05) is 43.9 Å². The maximum Gasteiger partial charge on any atom is 0.172 e. The highest BCUT2D eigenvalue weighted by Crippen LogP contribution is 2.41. The number of halogens is 2. The lowest BCUT2D eigenvalue weighted by molar-refractivity contribution is -0.119. The van der Waals surface area contributed by atoms with Gasteiger partial charge >= 0.3 is 0 Å². The van der Waals surface area contributed by atoms with Crippen LogP contribution in [0.1, 0.15) is 23.2 Å². The summed E-state index contributed by atoms with van der Waals surface area (Å²) in [6.07, 6.45) is -0.136. The molecule has 0 saturated carbocycles. The van der Waals surface area contributed by atoms with Gasteiger partial charge < -0.3 is 4.98 Å². The number of rotatable bonds is 2. The molecule has 1 aliphatic carbocycles. The largest absolute Gasteiger partial charge is 0.358 e. The molecule has 1 aliphatic rings. The standard InChI is InChI=1S/C20H13Cl2NO2/c1-10-18(13-4-2-3-5-15(13)23-10)20-17(25)9-16(24)19(20)12-7-6-11(21)8-14(12)22/h2-8,23H,9H2,1H3. The van der Waals surface area contributed by atoms with Gasteiger partial charge in [-0.1, -0.05) is 47.5 Å².